The number of carbonyl (C=O) groups excluding carboxylic acids is 1. The van der Waals surface area contributed by atoms with E-state index in [1.807, 2.05) is 18.2 Å². The molecule has 0 saturated carbocycles. The molecule has 1 aliphatic heterocycles. The van der Waals surface area contributed by atoms with Crippen LogP contribution in [-0.4, -0.2) is 40.9 Å². The number of benzene rings is 2. The Kier molecular flexibility index (Phi) is 5.41. The lowest BCUT2D eigenvalue weighted by atomic mass is 10.0. The smallest absolute Gasteiger partial charge is 0.223 e. The molecule has 1 unspecified atom stereocenters. The largest absolute Gasteiger partial charge is 0.733 e. The Hall–Kier alpha value is -2.61. The fourth-order valence-electron chi connectivity index (χ4n) is 3.27. The van der Waals surface area contributed by atoms with Gasteiger partial charge in [-0.3, -0.25) is 10.0 Å². The lowest BCUT2D eigenvalue weighted by Gasteiger charge is -2.24. The summed E-state index contributed by atoms with van der Waals surface area (Å²) in [6.07, 6.45) is 1.11. The molecule has 1 fully saturated rings. The molecule has 0 radical (unpaired) electrons. The highest BCUT2D eigenvalue weighted by atomic mass is 16.8. The van der Waals surface area contributed by atoms with Gasteiger partial charge in [-0.2, -0.15) is 0 Å². The lowest BCUT2D eigenvalue weighted by Crippen LogP contribution is -2.34. The minimum absolute atomic E-state index is 0.0330. The first kappa shape index (κ1) is 18.2. The van der Waals surface area contributed by atoms with E-state index in [0.29, 0.717) is 30.7 Å². The Morgan fingerprint density at radius 1 is 1.31 bits per heavy atom. The molecule has 1 heterocycles. The van der Waals surface area contributed by atoms with Crippen LogP contribution >= 0.6 is 0 Å². The predicted octanol–water partition coefficient (Wildman–Crippen LogP) is 2.54. The van der Waals surface area contributed by atoms with Crippen molar-refractivity contribution in [1.82, 2.24) is 4.90 Å². The quantitative estimate of drug-likeness (QED) is 0.771. The first-order valence-corrected chi connectivity index (χ1v) is 8.37. The molecule has 1 amide bonds. The Labute approximate surface area is 151 Å². The second-order valence-electron chi connectivity index (χ2n) is 6.25. The number of ether oxygens (including phenoxy) is 1. The van der Waals surface area contributed by atoms with Crippen molar-refractivity contribution in [2.24, 2.45) is 0 Å². The van der Waals surface area contributed by atoms with Crippen LogP contribution < -0.4 is 9.96 Å². The van der Waals surface area contributed by atoms with Gasteiger partial charge in [0.05, 0.1) is 25.4 Å². The molecule has 1 atom stereocenters. The van der Waals surface area contributed by atoms with Gasteiger partial charge in [0.2, 0.25) is 5.91 Å². The van der Waals surface area contributed by atoms with E-state index >= 15 is 0 Å². The SMILES string of the molecule is COc1ccc(CN2C(=O)CCC2CO)cc1-c1cccc(N([O-])O)c1. The maximum absolute atomic E-state index is 12.1. The minimum atomic E-state index is -0.186. The molecule has 1 aliphatic rings. The van der Waals surface area contributed by atoms with Crippen molar-refractivity contribution >= 4 is 11.6 Å². The molecule has 0 spiro atoms. The van der Waals surface area contributed by atoms with Crippen LogP contribution in [0.3, 0.4) is 0 Å². The molecule has 2 aromatic rings. The van der Waals surface area contributed by atoms with Crippen LogP contribution in [0.1, 0.15) is 18.4 Å². The normalized spacial score (nSPS) is 16.8. The van der Waals surface area contributed by atoms with Crippen LogP contribution in [0.4, 0.5) is 5.69 Å². The first-order valence-electron chi connectivity index (χ1n) is 8.37. The fourth-order valence-corrected chi connectivity index (χ4v) is 3.27. The van der Waals surface area contributed by atoms with Crippen LogP contribution in [0.5, 0.6) is 5.75 Å². The molecule has 7 heteroatoms. The molecule has 26 heavy (non-hydrogen) atoms. The van der Waals surface area contributed by atoms with Crippen molar-refractivity contribution in [3.05, 3.63) is 53.2 Å². The van der Waals surface area contributed by atoms with Crippen LogP contribution in [0.2, 0.25) is 0 Å². The van der Waals surface area contributed by atoms with Crippen molar-refractivity contribution in [3.63, 3.8) is 0 Å². The maximum atomic E-state index is 12.1. The summed E-state index contributed by atoms with van der Waals surface area (Å²) in [7, 11) is 1.56. The zero-order valence-electron chi connectivity index (χ0n) is 14.5. The standard InChI is InChI=1S/C19H21N2O5/c1-26-18-7-5-13(11-20-16(12-22)6-8-19(20)23)9-17(18)14-3-2-4-15(10-14)21(24)25/h2-5,7,9-10,16,22,24H,6,8,11-12H2,1H3/q-1. The van der Waals surface area contributed by atoms with E-state index in [0.717, 1.165) is 11.1 Å². The average Bonchev–Trinajstić information content (AvgIpc) is 3.01. The summed E-state index contributed by atoms with van der Waals surface area (Å²) in [6.45, 7) is 0.348. The monoisotopic (exact) mass is 357 g/mol. The maximum Gasteiger partial charge on any atom is 0.223 e. The van der Waals surface area contributed by atoms with Crippen LogP contribution in [0, 0.1) is 5.21 Å². The van der Waals surface area contributed by atoms with Crippen molar-refractivity contribution < 1.29 is 19.8 Å². The van der Waals surface area contributed by atoms with Gasteiger partial charge in [0, 0.05) is 18.5 Å². The summed E-state index contributed by atoms with van der Waals surface area (Å²) in [6, 6.07) is 12.0. The Morgan fingerprint density at radius 2 is 2.12 bits per heavy atom. The number of methoxy groups -OCH3 is 1. The zero-order valence-corrected chi connectivity index (χ0v) is 14.5. The van der Waals surface area contributed by atoms with Crippen molar-refractivity contribution in [1.29, 1.82) is 0 Å². The third kappa shape index (κ3) is 3.65. The molecule has 2 N–H and O–H groups in total. The number of carbonyl (C=O) groups is 1. The summed E-state index contributed by atoms with van der Waals surface area (Å²) < 4.78 is 5.41. The Balaban J connectivity index is 1.94. The zero-order chi connectivity index (χ0) is 18.7. The van der Waals surface area contributed by atoms with Gasteiger partial charge < -0.3 is 25.2 Å². The number of aliphatic hydroxyl groups is 1. The van der Waals surface area contributed by atoms with Gasteiger partial charge in [0.25, 0.3) is 0 Å². The molecule has 7 nitrogen and oxygen atoms in total. The van der Waals surface area contributed by atoms with Crippen LogP contribution in [-0.2, 0) is 11.3 Å². The molecule has 0 bridgehead atoms. The first-order chi connectivity index (χ1) is 12.5. The van der Waals surface area contributed by atoms with E-state index in [-0.39, 0.29) is 29.5 Å². The highest BCUT2D eigenvalue weighted by Crippen LogP contribution is 2.33. The van der Waals surface area contributed by atoms with Gasteiger partial charge in [-0.15, -0.1) is 0 Å². The van der Waals surface area contributed by atoms with Crippen molar-refractivity contribution in [2.75, 3.05) is 18.9 Å². The highest BCUT2D eigenvalue weighted by Gasteiger charge is 2.30. The third-order valence-corrected chi connectivity index (χ3v) is 4.66. The number of hydrogen-bond acceptors (Lipinski definition) is 6. The summed E-state index contributed by atoms with van der Waals surface area (Å²) in [5.74, 6) is 0.651. The number of amides is 1. The van der Waals surface area contributed by atoms with Crippen molar-refractivity contribution in [2.45, 2.75) is 25.4 Å². The van der Waals surface area contributed by atoms with E-state index in [2.05, 4.69) is 0 Å². The summed E-state index contributed by atoms with van der Waals surface area (Å²) >= 11 is 0. The average molecular weight is 357 g/mol. The van der Waals surface area contributed by atoms with Gasteiger partial charge in [-0.1, -0.05) is 18.2 Å². The molecule has 0 aromatic heterocycles. The van der Waals surface area contributed by atoms with E-state index in [1.54, 1.807) is 30.2 Å². The van der Waals surface area contributed by atoms with Gasteiger partial charge in [0.1, 0.15) is 5.75 Å². The van der Waals surface area contributed by atoms with Gasteiger partial charge in [-0.05, 0) is 41.8 Å². The van der Waals surface area contributed by atoms with Gasteiger partial charge in [0.15, 0.2) is 0 Å². The summed E-state index contributed by atoms with van der Waals surface area (Å²) in [4.78, 5) is 13.8. The van der Waals surface area contributed by atoms with Crippen LogP contribution in [0.25, 0.3) is 11.1 Å². The number of aliphatic hydroxyl groups excluding tert-OH is 1. The topological polar surface area (TPSA) is 96.3 Å². The number of anilines is 1. The van der Waals surface area contributed by atoms with E-state index in [1.165, 1.54) is 6.07 Å². The minimum Gasteiger partial charge on any atom is -0.733 e. The lowest BCUT2D eigenvalue weighted by molar-refractivity contribution is -0.130. The predicted molar refractivity (Wildman–Crippen MR) is 96.7 cm³/mol. The Bertz CT molecular complexity index is 793. The third-order valence-electron chi connectivity index (χ3n) is 4.66. The second kappa shape index (κ2) is 7.74. The Morgan fingerprint density at radius 3 is 2.81 bits per heavy atom. The van der Waals surface area contributed by atoms with E-state index in [4.69, 9.17) is 9.94 Å². The molecule has 2 aromatic carbocycles. The molecule has 138 valence electrons. The van der Waals surface area contributed by atoms with Crippen LogP contribution in [0.15, 0.2) is 42.5 Å². The second-order valence-corrected chi connectivity index (χ2v) is 6.25. The molecule has 3 rings (SSSR count). The number of likely N-dealkylation sites (tertiary alicyclic amines) is 1. The molecule has 0 aliphatic carbocycles. The van der Waals surface area contributed by atoms with Gasteiger partial charge in [-0.25, -0.2) is 0 Å². The number of hydrogen-bond donors (Lipinski definition) is 2. The summed E-state index contributed by atoms with van der Waals surface area (Å²) in [5.41, 5.74) is 2.47. The number of rotatable bonds is 6. The molecule has 1 saturated heterocycles. The van der Waals surface area contributed by atoms with Crippen molar-refractivity contribution in [3.8, 4) is 16.9 Å². The molecular weight excluding hydrogens is 336 g/mol. The number of nitrogens with zero attached hydrogens (tertiary/aromatic N) is 2. The molecular formula is C19H21N2O5-. The highest BCUT2D eigenvalue weighted by molar-refractivity contribution is 5.79. The van der Waals surface area contributed by atoms with E-state index in [9.17, 15) is 15.1 Å². The summed E-state index contributed by atoms with van der Waals surface area (Å²) in [5, 5.41) is 29.6. The fraction of sp³-hybridized carbons (Fsp3) is 0.316. The van der Waals surface area contributed by atoms with E-state index < -0.39 is 0 Å². The van der Waals surface area contributed by atoms with Gasteiger partial charge >= 0.3 is 0 Å².